The lowest BCUT2D eigenvalue weighted by Crippen LogP contribution is -2.33. The average molecular weight is 396 g/mol. The number of aryl methyl sites for hydroxylation is 1. The standard InChI is InChI=1S/C21H25FN6O/c1-23-21(29)19-18(14-3-5-16(22)6-4-14)25-20(26-19)15-8-11-28(12-9-15)13-17-7-10-24-27(17)2/h3-7,10,15H,8-9,11-13H2,1-2H3,(H,23,29)(H,25,26). The summed E-state index contributed by atoms with van der Waals surface area (Å²) < 4.78 is 15.2. The number of carbonyl (C=O) groups is 1. The van der Waals surface area contributed by atoms with Crippen LogP contribution in [0.2, 0.25) is 0 Å². The monoisotopic (exact) mass is 396 g/mol. The predicted octanol–water partition coefficient (Wildman–Crippen LogP) is 2.69. The van der Waals surface area contributed by atoms with Crippen molar-refractivity contribution in [1.29, 1.82) is 0 Å². The van der Waals surface area contributed by atoms with Gasteiger partial charge in [0.1, 0.15) is 23.0 Å². The van der Waals surface area contributed by atoms with Gasteiger partial charge in [0.15, 0.2) is 0 Å². The molecule has 2 N–H and O–H groups in total. The number of amides is 1. The van der Waals surface area contributed by atoms with Gasteiger partial charge >= 0.3 is 0 Å². The molecule has 1 fully saturated rings. The summed E-state index contributed by atoms with van der Waals surface area (Å²) in [5.41, 5.74) is 2.91. The topological polar surface area (TPSA) is 78.8 Å². The van der Waals surface area contributed by atoms with E-state index in [4.69, 9.17) is 4.98 Å². The highest BCUT2D eigenvalue weighted by molar-refractivity contribution is 5.98. The molecular formula is C21H25FN6O. The third-order valence-corrected chi connectivity index (χ3v) is 5.58. The van der Waals surface area contributed by atoms with E-state index < -0.39 is 0 Å². The van der Waals surface area contributed by atoms with Gasteiger partial charge in [-0.2, -0.15) is 5.10 Å². The van der Waals surface area contributed by atoms with Gasteiger partial charge in [0.25, 0.3) is 5.91 Å². The number of hydrogen-bond acceptors (Lipinski definition) is 4. The number of rotatable bonds is 5. The summed E-state index contributed by atoms with van der Waals surface area (Å²) in [5, 5.41) is 6.88. The maximum atomic E-state index is 13.3. The largest absolute Gasteiger partial charge is 0.354 e. The molecule has 0 saturated carbocycles. The SMILES string of the molecule is CNC(=O)c1[nH]c(C2CCN(Cc3ccnn3C)CC2)nc1-c1ccc(F)cc1. The van der Waals surface area contributed by atoms with Crippen molar-refractivity contribution in [2.45, 2.75) is 25.3 Å². The number of likely N-dealkylation sites (tertiary alicyclic amines) is 1. The van der Waals surface area contributed by atoms with Crippen LogP contribution in [0.5, 0.6) is 0 Å². The fourth-order valence-electron chi connectivity index (χ4n) is 3.84. The third kappa shape index (κ3) is 4.07. The number of carbonyl (C=O) groups excluding carboxylic acids is 1. The molecule has 152 valence electrons. The van der Waals surface area contributed by atoms with Crippen LogP contribution in [0, 0.1) is 5.82 Å². The first kappa shape index (κ1) is 19.3. The zero-order valence-electron chi connectivity index (χ0n) is 16.7. The number of imidazole rings is 1. The Morgan fingerprint density at radius 1 is 1.24 bits per heavy atom. The second-order valence-corrected chi connectivity index (χ2v) is 7.43. The van der Waals surface area contributed by atoms with E-state index in [-0.39, 0.29) is 17.6 Å². The Hall–Kier alpha value is -3.00. The summed E-state index contributed by atoms with van der Waals surface area (Å²) in [6.45, 7) is 2.79. The highest BCUT2D eigenvalue weighted by Gasteiger charge is 2.26. The zero-order chi connectivity index (χ0) is 20.4. The number of halogens is 1. The van der Waals surface area contributed by atoms with Crippen molar-refractivity contribution in [3.8, 4) is 11.3 Å². The predicted molar refractivity (Wildman–Crippen MR) is 108 cm³/mol. The van der Waals surface area contributed by atoms with Crippen molar-refractivity contribution < 1.29 is 9.18 Å². The van der Waals surface area contributed by atoms with E-state index in [9.17, 15) is 9.18 Å². The second kappa shape index (κ2) is 8.16. The minimum absolute atomic E-state index is 0.225. The number of benzene rings is 1. The van der Waals surface area contributed by atoms with Crippen LogP contribution in [-0.2, 0) is 13.6 Å². The smallest absolute Gasteiger partial charge is 0.269 e. The Morgan fingerprint density at radius 2 is 1.97 bits per heavy atom. The van der Waals surface area contributed by atoms with Crippen molar-refractivity contribution in [3.63, 3.8) is 0 Å². The number of hydrogen-bond donors (Lipinski definition) is 2. The van der Waals surface area contributed by atoms with E-state index in [2.05, 4.69) is 20.3 Å². The first-order chi connectivity index (χ1) is 14.0. The van der Waals surface area contributed by atoms with Gasteiger partial charge in [0, 0.05) is 38.3 Å². The molecule has 1 amide bonds. The summed E-state index contributed by atoms with van der Waals surface area (Å²) in [6, 6.07) is 8.11. The number of nitrogens with one attached hydrogen (secondary N) is 2. The summed E-state index contributed by atoms with van der Waals surface area (Å²) >= 11 is 0. The molecule has 3 aromatic rings. The quantitative estimate of drug-likeness (QED) is 0.695. The first-order valence-electron chi connectivity index (χ1n) is 9.82. The molecule has 0 radical (unpaired) electrons. The normalized spacial score (nSPS) is 15.6. The average Bonchev–Trinajstić information content (AvgIpc) is 3.35. The van der Waals surface area contributed by atoms with E-state index in [0.717, 1.165) is 43.9 Å². The summed E-state index contributed by atoms with van der Waals surface area (Å²) in [7, 11) is 3.55. The van der Waals surface area contributed by atoms with Gasteiger partial charge in [-0.3, -0.25) is 14.4 Å². The van der Waals surface area contributed by atoms with Crippen molar-refractivity contribution in [1.82, 2.24) is 30.0 Å². The summed E-state index contributed by atoms with van der Waals surface area (Å²) in [4.78, 5) is 22.8. The van der Waals surface area contributed by atoms with Gasteiger partial charge < -0.3 is 10.3 Å². The van der Waals surface area contributed by atoms with E-state index in [1.807, 2.05) is 24.0 Å². The third-order valence-electron chi connectivity index (χ3n) is 5.58. The van der Waals surface area contributed by atoms with Crippen molar-refractivity contribution >= 4 is 5.91 Å². The Morgan fingerprint density at radius 3 is 2.59 bits per heavy atom. The Kier molecular flexibility index (Phi) is 5.44. The molecule has 0 unspecified atom stereocenters. The number of piperidine rings is 1. The van der Waals surface area contributed by atoms with Crippen molar-refractivity contribution in [2.24, 2.45) is 7.05 Å². The number of nitrogens with zero attached hydrogens (tertiary/aromatic N) is 4. The molecule has 29 heavy (non-hydrogen) atoms. The molecule has 7 nitrogen and oxygen atoms in total. The Bertz CT molecular complexity index is 985. The maximum Gasteiger partial charge on any atom is 0.269 e. The van der Waals surface area contributed by atoms with Gasteiger partial charge in [0.2, 0.25) is 0 Å². The molecule has 1 aliphatic rings. The lowest BCUT2D eigenvalue weighted by molar-refractivity contribution is 0.0959. The van der Waals surface area contributed by atoms with E-state index in [1.54, 1.807) is 19.2 Å². The molecule has 2 aromatic heterocycles. The minimum Gasteiger partial charge on any atom is -0.354 e. The molecule has 0 spiro atoms. The van der Waals surface area contributed by atoms with Crippen LogP contribution in [0.4, 0.5) is 4.39 Å². The lowest BCUT2D eigenvalue weighted by atomic mass is 9.96. The fourth-order valence-corrected chi connectivity index (χ4v) is 3.84. The van der Waals surface area contributed by atoms with Crippen LogP contribution in [0.25, 0.3) is 11.3 Å². The number of H-pyrrole nitrogens is 1. The molecule has 1 aliphatic heterocycles. The van der Waals surface area contributed by atoms with Crippen molar-refractivity contribution in [3.05, 3.63) is 59.6 Å². The highest BCUT2D eigenvalue weighted by atomic mass is 19.1. The molecule has 8 heteroatoms. The van der Waals surface area contributed by atoms with Gasteiger partial charge in [-0.05, 0) is 56.3 Å². The van der Waals surface area contributed by atoms with Gasteiger partial charge in [-0.25, -0.2) is 9.37 Å². The van der Waals surface area contributed by atoms with Crippen molar-refractivity contribution in [2.75, 3.05) is 20.1 Å². The summed E-state index contributed by atoms with van der Waals surface area (Å²) in [5.74, 6) is 0.544. The lowest BCUT2D eigenvalue weighted by Gasteiger charge is -2.30. The minimum atomic E-state index is -0.313. The zero-order valence-corrected chi connectivity index (χ0v) is 16.7. The molecule has 3 heterocycles. The van der Waals surface area contributed by atoms with Crippen LogP contribution in [0.3, 0.4) is 0 Å². The van der Waals surface area contributed by atoms with Crippen LogP contribution >= 0.6 is 0 Å². The van der Waals surface area contributed by atoms with Crippen LogP contribution in [-0.4, -0.2) is 50.7 Å². The maximum absolute atomic E-state index is 13.3. The molecule has 1 aromatic carbocycles. The van der Waals surface area contributed by atoms with Crippen LogP contribution in [0.15, 0.2) is 36.5 Å². The van der Waals surface area contributed by atoms with Crippen LogP contribution in [0.1, 0.15) is 40.8 Å². The van der Waals surface area contributed by atoms with Gasteiger partial charge in [0.05, 0.1) is 5.69 Å². The Balaban J connectivity index is 1.51. The molecule has 0 aliphatic carbocycles. The highest BCUT2D eigenvalue weighted by Crippen LogP contribution is 2.30. The molecule has 4 rings (SSSR count). The first-order valence-corrected chi connectivity index (χ1v) is 9.82. The molecule has 0 bridgehead atoms. The van der Waals surface area contributed by atoms with E-state index in [0.29, 0.717) is 11.4 Å². The van der Waals surface area contributed by atoms with Gasteiger partial charge in [-0.1, -0.05) is 0 Å². The second-order valence-electron chi connectivity index (χ2n) is 7.43. The number of aromatic amines is 1. The molecule has 0 atom stereocenters. The molecule has 1 saturated heterocycles. The van der Waals surface area contributed by atoms with E-state index in [1.165, 1.54) is 17.8 Å². The molecular weight excluding hydrogens is 371 g/mol. The van der Waals surface area contributed by atoms with Gasteiger partial charge in [-0.15, -0.1) is 0 Å². The van der Waals surface area contributed by atoms with Crippen LogP contribution < -0.4 is 5.32 Å². The Labute approximate surface area is 168 Å². The summed E-state index contributed by atoms with van der Waals surface area (Å²) in [6.07, 6.45) is 3.74. The van der Waals surface area contributed by atoms with E-state index >= 15 is 0 Å². The fraction of sp³-hybridized carbons (Fsp3) is 0.381. The number of aromatic nitrogens is 4.